The Morgan fingerprint density at radius 3 is 2.19 bits per heavy atom. The van der Waals surface area contributed by atoms with Gasteiger partial charge in [-0.25, -0.2) is 4.39 Å². The van der Waals surface area contributed by atoms with Crippen LogP contribution in [0.5, 0.6) is 5.75 Å². The molecule has 0 atom stereocenters. The second kappa shape index (κ2) is 6.70. The Hall–Kier alpha value is -1.91. The lowest BCUT2D eigenvalue weighted by molar-refractivity contribution is 0.115. The molecule has 2 rings (SSSR count). The van der Waals surface area contributed by atoms with Crippen molar-refractivity contribution in [3.8, 4) is 5.75 Å². The number of para-hydroxylation sites is 1. The Morgan fingerprint density at radius 2 is 1.62 bits per heavy atom. The molecule has 0 aliphatic carbocycles. The SMILES string of the molecule is COc1ccccc1CC(CO)(CO)c1ccc(F)cc1. The van der Waals surface area contributed by atoms with Gasteiger partial charge in [-0.2, -0.15) is 0 Å². The van der Waals surface area contributed by atoms with Gasteiger partial charge in [-0.1, -0.05) is 30.3 Å². The average Bonchev–Trinajstić information content (AvgIpc) is 2.54. The van der Waals surface area contributed by atoms with E-state index < -0.39 is 5.41 Å². The number of aliphatic hydroxyl groups excluding tert-OH is 2. The number of methoxy groups -OCH3 is 1. The van der Waals surface area contributed by atoms with Crippen molar-refractivity contribution in [3.05, 3.63) is 65.5 Å². The fourth-order valence-electron chi connectivity index (χ4n) is 2.46. The summed E-state index contributed by atoms with van der Waals surface area (Å²) in [4.78, 5) is 0. The highest BCUT2D eigenvalue weighted by Gasteiger charge is 2.32. The van der Waals surface area contributed by atoms with E-state index in [0.717, 1.165) is 5.56 Å². The molecule has 0 unspecified atom stereocenters. The monoisotopic (exact) mass is 290 g/mol. The maximum atomic E-state index is 13.1. The summed E-state index contributed by atoms with van der Waals surface area (Å²) in [6.45, 7) is -0.486. The molecule has 2 aromatic rings. The van der Waals surface area contributed by atoms with Crippen LogP contribution < -0.4 is 4.74 Å². The highest BCUT2D eigenvalue weighted by atomic mass is 19.1. The van der Waals surface area contributed by atoms with E-state index in [0.29, 0.717) is 17.7 Å². The highest BCUT2D eigenvalue weighted by molar-refractivity contribution is 5.38. The minimum atomic E-state index is -0.873. The zero-order chi connectivity index (χ0) is 15.3. The van der Waals surface area contributed by atoms with Gasteiger partial charge in [0.05, 0.1) is 20.3 Å². The van der Waals surface area contributed by atoms with Gasteiger partial charge in [-0.3, -0.25) is 0 Å². The van der Waals surface area contributed by atoms with Crippen LogP contribution >= 0.6 is 0 Å². The van der Waals surface area contributed by atoms with Crippen LogP contribution in [0.15, 0.2) is 48.5 Å². The normalized spacial score (nSPS) is 11.4. The quantitative estimate of drug-likeness (QED) is 0.858. The molecule has 4 heteroatoms. The molecule has 0 fully saturated rings. The second-order valence-corrected chi connectivity index (χ2v) is 5.09. The van der Waals surface area contributed by atoms with Crippen molar-refractivity contribution in [1.82, 2.24) is 0 Å². The van der Waals surface area contributed by atoms with Crippen LogP contribution in [0.4, 0.5) is 4.39 Å². The van der Waals surface area contributed by atoms with Gasteiger partial charge in [0, 0.05) is 5.41 Å². The molecule has 0 aliphatic heterocycles. The van der Waals surface area contributed by atoms with E-state index in [9.17, 15) is 14.6 Å². The largest absolute Gasteiger partial charge is 0.496 e. The third-order valence-electron chi connectivity index (χ3n) is 3.78. The van der Waals surface area contributed by atoms with E-state index in [1.807, 2.05) is 24.3 Å². The summed E-state index contributed by atoms with van der Waals surface area (Å²) in [5.74, 6) is 0.353. The van der Waals surface area contributed by atoms with Crippen molar-refractivity contribution in [2.24, 2.45) is 0 Å². The molecule has 0 radical (unpaired) electrons. The van der Waals surface area contributed by atoms with Gasteiger partial charge in [-0.15, -0.1) is 0 Å². The van der Waals surface area contributed by atoms with E-state index in [1.165, 1.54) is 12.1 Å². The molecule has 0 saturated carbocycles. The number of benzene rings is 2. The van der Waals surface area contributed by atoms with Crippen molar-refractivity contribution < 1.29 is 19.3 Å². The van der Waals surface area contributed by atoms with Crippen LogP contribution in [-0.2, 0) is 11.8 Å². The summed E-state index contributed by atoms with van der Waals surface area (Å²) < 4.78 is 18.4. The first-order valence-corrected chi connectivity index (χ1v) is 6.75. The number of ether oxygens (including phenoxy) is 1. The van der Waals surface area contributed by atoms with Crippen molar-refractivity contribution in [2.75, 3.05) is 20.3 Å². The Balaban J connectivity index is 2.40. The van der Waals surface area contributed by atoms with Gasteiger partial charge in [0.1, 0.15) is 11.6 Å². The summed E-state index contributed by atoms with van der Waals surface area (Å²) in [6, 6.07) is 13.3. The smallest absolute Gasteiger partial charge is 0.123 e. The zero-order valence-corrected chi connectivity index (χ0v) is 11.9. The van der Waals surface area contributed by atoms with E-state index in [2.05, 4.69) is 0 Å². The third kappa shape index (κ3) is 3.23. The molecule has 2 aromatic carbocycles. The topological polar surface area (TPSA) is 49.7 Å². The van der Waals surface area contributed by atoms with Crippen molar-refractivity contribution in [3.63, 3.8) is 0 Å². The van der Waals surface area contributed by atoms with Gasteiger partial charge in [0.25, 0.3) is 0 Å². The van der Waals surface area contributed by atoms with E-state index in [1.54, 1.807) is 19.2 Å². The molecule has 112 valence electrons. The fourth-order valence-corrected chi connectivity index (χ4v) is 2.46. The van der Waals surface area contributed by atoms with Crippen molar-refractivity contribution in [1.29, 1.82) is 0 Å². The lowest BCUT2D eigenvalue weighted by Gasteiger charge is -2.31. The van der Waals surface area contributed by atoms with Crippen LogP contribution in [0.3, 0.4) is 0 Å². The van der Waals surface area contributed by atoms with Crippen LogP contribution in [0.25, 0.3) is 0 Å². The van der Waals surface area contributed by atoms with E-state index in [4.69, 9.17) is 4.74 Å². The molecule has 0 spiro atoms. The molecule has 2 N–H and O–H groups in total. The predicted molar refractivity (Wildman–Crippen MR) is 78.9 cm³/mol. The van der Waals surface area contributed by atoms with Gasteiger partial charge in [0.2, 0.25) is 0 Å². The second-order valence-electron chi connectivity index (χ2n) is 5.09. The molecule has 0 heterocycles. The highest BCUT2D eigenvalue weighted by Crippen LogP contribution is 2.31. The van der Waals surface area contributed by atoms with Gasteiger partial charge >= 0.3 is 0 Å². The summed E-state index contributed by atoms with van der Waals surface area (Å²) in [7, 11) is 1.58. The van der Waals surface area contributed by atoms with Crippen molar-refractivity contribution >= 4 is 0 Å². The summed E-state index contributed by atoms with van der Waals surface area (Å²) in [5, 5.41) is 19.7. The van der Waals surface area contributed by atoms with E-state index in [-0.39, 0.29) is 19.0 Å². The average molecular weight is 290 g/mol. The third-order valence-corrected chi connectivity index (χ3v) is 3.78. The number of aliphatic hydroxyl groups is 2. The lowest BCUT2D eigenvalue weighted by Crippen LogP contribution is -2.37. The maximum absolute atomic E-state index is 13.1. The Labute approximate surface area is 123 Å². The summed E-state index contributed by atoms with van der Waals surface area (Å²) in [5.41, 5.74) is 0.703. The maximum Gasteiger partial charge on any atom is 0.123 e. The van der Waals surface area contributed by atoms with Gasteiger partial charge in [0.15, 0.2) is 0 Å². The molecule has 0 aliphatic rings. The van der Waals surface area contributed by atoms with E-state index >= 15 is 0 Å². The fraction of sp³-hybridized carbons (Fsp3) is 0.294. The zero-order valence-electron chi connectivity index (χ0n) is 11.9. The lowest BCUT2D eigenvalue weighted by atomic mass is 9.76. The van der Waals surface area contributed by atoms with Crippen LogP contribution in [0.2, 0.25) is 0 Å². The summed E-state index contributed by atoms with van der Waals surface area (Å²) in [6.07, 6.45) is 0.398. The molecule has 0 amide bonds. The minimum Gasteiger partial charge on any atom is -0.496 e. The molecular weight excluding hydrogens is 271 g/mol. The summed E-state index contributed by atoms with van der Waals surface area (Å²) >= 11 is 0. The molecule has 21 heavy (non-hydrogen) atoms. The number of halogens is 1. The first-order chi connectivity index (χ1) is 10.1. The predicted octanol–water partition coefficient (Wildman–Crippen LogP) is 2.30. The van der Waals surface area contributed by atoms with Crippen LogP contribution in [0, 0.1) is 5.82 Å². The van der Waals surface area contributed by atoms with Gasteiger partial charge in [-0.05, 0) is 35.7 Å². The first-order valence-electron chi connectivity index (χ1n) is 6.75. The molecular formula is C17H19FO3. The number of hydrogen-bond donors (Lipinski definition) is 2. The number of rotatable bonds is 6. The molecule has 0 bridgehead atoms. The Morgan fingerprint density at radius 1 is 1.00 bits per heavy atom. The minimum absolute atomic E-state index is 0.243. The van der Waals surface area contributed by atoms with Crippen molar-refractivity contribution in [2.45, 2.75) is 11.8 Å². The molecule has 3 nitrogen and oxygen atoms in total. The van der Waals surface area contributed by atoms with Crippen LogP contribution in [-0.4, -0.2) is 30.5 Å². The Kier molecular flexibility index (Phi) is 4.94. The molecule has 0 aromatic heterocycles. The molecule has 0 saturated heterocycles. The standard InChI is InChI=1S/C17H19FO3/c1-21-16-5-3-2-4-13(16)10-17(11-19,12-20)14-6-8-15(18)9-7-14/h2-9,19-20H,10-12H2,1H3. The Bertz CT molecular complexity index is 577. The van der Waals surface area contributed by atoms with Crippen LogP contribution in [0.1, 0.15) is 11.1 Å². The number of hydrogen-bond acceptors (Lipinski definition) is 3. The van der Waals surface area contributed by atoms with Gasteiger partial charge < -0.3 is 14.9 Å². The first kappa shape index (κ1) is 15.5.